The molecule has 146 valence electrons. The van der Waals surface area contributed by atoms with E-state index >= 15 is 0 Å². The number of fused-ring (bicyclic) bond motifs is 1. The van der Waals surface area contributed by atoms with Gasteiger partial charge >= 0.3 is 6.09 Å². The molecule has 0 radical (unpaired) electrons. The van der Waals surface area contributed by atoms with Crippen molar-refractivity contribution in [3.8, 4) is 17.2 Å². The first-order valence-electron chi connectivity index (χ1n) is 8.57. The molecule has 1 N–H and O–H groups in total. The molecule has 9 nitrogen and oxygen atoms in total. The second-order valence-electron chi connectivity index (χ2n) is 5.78. The van der Waals surface area contributed by atoms with Crippen LogP contribution in [0.2, 0.25) is 0 Å². The van der Waals surface area contributed by atoms with Gasteiger partial charge in [-0.25, -0.2) is 14.8 Å². The van der Waals surface area contributed by atoms with Crippen molar-refractivity contribution in [1.82, 2.24) is 19.9 Å². The van der Waals surface area contributed by atoms with Gasteiger partial charge in [-0.05, 0) is 25.1 Å². The van der Waals surface area contributed by atoms with Crippen LogP contribution < -0.4 is 25.1 Å². The number of nitrogens with zero attached hydrogens (tertiary/aromatic N) is 3. The highest BCUT2D eigenvalue weighted by Gasteiger charge is 2.16. The summed E-state index contributed by atoms with van der Waals surface area (Å²) < 4.78 is 17.5. The van der Waals surface area contributed by atoms with E-state index < -0.39 is 6.09 Å². The monoisotopic (exact) mass is 384 g/mol. The van der Waals surface area contributed by atoms with Crippen LogP contribution in [0.1, 0.15) is 12.6 Å². The summed E-state index contributed by atoms with van der Waals surface area (Å²) in [5, 5.41) is 3.43. The average molecular weight is 384 g/mol. The van der Waals surface area contributed by atoms with Crippen LogP contribution >= 0.6 is 0 Å². The summed E-state index contributed by atoms with van der Waals surface area (Å²) >= 11 is 0. The van der Waals surface area contributed by atoms with Gasteiger partial charge in [0.25, 0.3) is 5.56 Å². The number of rotatable bonds is 6. The lowest BCUT2D eigenvalue weighted by Gasteiger charge is -2.14. The Hall–Kier alpha value is -3.62. The molecule has 0 bridgehead atoms. The molecule has 0 aliphatic heterocycles. The molecule has 0 fully saturated rings. The van der Waals surface area contributed by atoms with Crippen LogP contribution in [-0.4, -0.2) is 34.8 Å². The van der Waals surface area contributed by atoms with E-state index in [4.69, 9.17) is 14.2 Å². The molecule has 9 heteroatoms. The lowest BCUT2D eigenvalue weighted by Crippen LogP contribution is -2.28. The topological polar surface area (TPSA) is 105 Å². The van der Waals surface area contributed by atoms with Crippen LogP contribution in [0.15, 0.2) is 41.7 Å². The van der Waals surface area contributed by atoms with Crippen molar-refractivity contribution in [2.75, 3.05) is 14.2 Å². The van der Waals surface area contributed by atoms with E-state index in [1.54, 1.807) is 24.4 Å². The van der Waals surface area contributed by atoms with Gasteiger partial charge in [-0.15, -0.1) is 0 Å². The number of hydrogen-bond acceptors (Lipinski definition) is 7. The molecular weight excluding hydrogens is 364 g/mol. The minimum atomic E-state index is -0.670. The van der Waals surface area contributed by atoms with Crippen molar-refractivity contribution in [2.45, 2.75) is 20.0 Å². The zero-order valence-electron chi connectivity index (χ0n) is 15.8. The number of ether oxygens (including phenoxy) is 3. The molecule has 2 aromatic heterocycles. The molecule has 1 amide bonds. The molecule has 28 heavy (non-hydrogen) atoms. The first-order chi connectivity index (χ1) is 13.6. The van der Waals surface area contributed by atoms with Crippen LogP contribution in [-0.2, 0) is 13.1 Å². The molecule has 0 unspecified atom stereocenters. The largest absolute Gasteiger partial charge is 0.493 e. The predicted molar refractivity (Wildman–Crippen MR) is 102 cm³/mol. The maximum Gasteiger partial charge on any atom is 0.412 e. The maximum atomic E-state index is 12.7. The number of methoxy groups -OCH3 is 2. The van der Waals surface area contributed by atoms with Gasteiger partial charge in [0, 0.05) is 18.1 Å². The van der Waals surface area contributed by atoms with Crippen molar-refractivity contribution >= 4 is 16.9 Å². The first kappa shape index (κ1) is 19.2. The van der Waals surface area contributed by atoms with Crippen molar-refractivity contribution in [1.29, 1.82) is 0 Å². The van der Waals surface area contributed by atoms with Crippen molar-refractivity contribution in [3.05, 3.63) is 53.0 Å². The zero-order valence-corrected chi connectivity index (χ0v) is 15.8. The molecule has 2 heterocycles. The third kappa shape index (κ3) is 3.88. The summed E-state index contributed by atoms with van der Waals surface area (Å²) in [4.78, 5) is 32.8. The molecule has 1 aromatic carbocycles. The fraction of sp³-hybridized carbons (Fsp3) is 0.263. The highest BCUT2D eigenvalue weighted by atomic mass is 16.6. The zero-order chi connectivity index (χ0) is 20.1. The third-order valence-electron chi connectivity index (χ3n) is 4.15. The number of aryl methyl sites for hydroxylation is 1. The quantitative estimate of drug-likeness (QED) is 0.694. The van der Waals surface area contributed by atoms with E-state index in [9.17, 15) is 9.59 Å². The Kier molecular flexibility index (Phi) is 5.73. The summed E-state index contributed by atoms with van der Waals surface area (Å²) in [5.74, 6) is 1.08. The van der Waals surface area contributed by atoms with Gasteiger partial charge in [0.15, 0.2) is 17.2 Å². The Morgan fingerprint density at radius 3 is 2.46 bits per heavy atom. The van der Waals surface area contributed by atoms with Gasteiger partial charge in [-0.3, -0.25) is 4.79 Å². The SMILES string of the molecule is CCn1cc(OC(=O)NCc2ccncn2)c2cc(OC)c(OC)cc2c1=O. The highest BCUT2D eigenvalue weighted by Crippen LogP contribution is 2.34. The molecule has 0 aliphatic carbocycles. The molecule has 0 saturated carbocycles. The van der Waals surface area contributed by atoms with Crippen LogP contribution in [0.4, 0.5) is 4.79 Å². The fourth-order valence-corrected chi connectivity index (χ4v) is 2.72. The number of carbonyl (C=O) groups excluding carboxylic acids is 1. The van der Waals surface area contributed by atoms with Crippen LogP contribution in [0.3, 0.4) is 0 Å². The Labute approximate surface area is 160 Å². The summed E-state index contributed by atoms with van der Waals surface area (Å²) in [6, 6.07) is 4.88. The number of amides is 1. The Bertz CT molecular complexity index is 1050. The smallest absolute Gasteiger partial charge is 0.412 e. The first-order valence-corrected chi connectivity index (χ1v) is 8.57. The molecule has 0 atom stereocenters. The molecule has 3 aromatic rings. The van der Waals surface area contributed by atoms with Gasteiger partial charge in [0.1, 0.15) is 6.33 Å². The van der Waals surface area contributed by atoms with Gasteiger partial charge < -0.3 is 24.1 Å². The number of hydrogen-bond donors (Lipinski definition) is 1. The minimum absolute atomic E-state index is 0.184. The number of aromatic nitrogens is 3. The van der Waals surface area contributed by atoms with Gasteiger partial charge in [-0.2, -0.15) is 0 Å². The van der Waals surface area contributed by atoms with Gasteiger partial charge in [-0.1, -0.05) is 0 Å². The standard InChI is InChI=1S/C19H20N4O5/c1-4-23-10-17(28-19(25)21-9-12-5-6-20-11-22-12)13-7-15(26-2)16(27-3)8-14(13)18(23)24/h5-8,10-11H,4,9H2,1-3H3,(H,21,25). The van der Waals surface area contributed by atoms with E-state index in [0.717, 1.165) is 0 Å². The highest BCUT2D eigenvalue weighted by molar-refractivity contribution is 5.92. The van der Waals surface area contributed by atoms with Crippen LogP contribution in [0.5, 0.6) is 17.2 Å². The number of nitrogens with one attached hydrogen (secondary N) is 1. The molecule has 0 saturated heterocycles. The Morgan fingerprint density at radius 1 is 1.14 bits per heavy atom. The summed E-state index contributed by atoms with van der Waals surface area (Å²) in [6.45, 7) is 2.43. The van der Waals surface area contributed by atoms with E-state index in [0.29, 0.717) is 34.5 Å². The molecular formula is C19H20N4O5. The van der Waals surface area contributed by atoms with Crippen molar-refractivity contribution < 1.29 is 19.0 Å². The second kappa shape index (κ2) is 8.38. The van der Waals surface area contributed by atoms with E-state index in [2.05, 4.69) is 15.3 Å². The van der Waals surface area contributed by atoms with Crippen LogP contribution in [0, 0.1) is 0 Å². The van der Waals surface area contributed by atoms with Gasteiger partial charge in [0.2, 0.25) is 0 Å². The Balaban J connectivity index is 1.95. The van der Waals surface area contributed by atoms with Crippen molar-refractivity contribution in [2.24, 2.45) is 0 Å². The maximum absolute atomic E-state index is 12.7. The number of pyridine rings is 1. The fourth-order valence-electron chi connectivity index (χ4n) is 2.72. The van der Waals surface area contributed by atoms with Crippen molar-refractivity contribution in [3.63, 3.8) is 0 Å². The normalized spacial score (nSPS) is 10.5. The summed E-state index contributed by atoms with van der Waals surface area (Å²) in [7, 11) is 2.98. The molecule has 0 spiro atoms. The second-order valence-corrected chi connectivity index (χ2v) is 5.78. The van der Waals surface area contributed by atoms with E-state index in [-0.39, 0.29) is 17.9 Å². The van der Waals surface area contributed by atoms with Gasteiger partial charge in [0.05, 0.1) is 38.0 Å². The average Bonchev–Trinajstić information content (AvgIpc) is 2.74. The molecule has 0 aliphatic rings. The Morgan fingerprint density at radius 2 is 1.86 bits per heavy atom. The summed E-state index contributed by atoms with van der Waals surface area (Å²) in [5.41, 5.74) is 0.425. The lowest BCUT2D eigenvalue weighted by molar-refractivity contribution is 0.200. The molecule has 3 rings (SSSR count). The van der Waals surface area contributed by atoms with Crippen LogP contribution in [0.25, 0.3) is 10.8 Å². The summed E-state index contributed by atoms with van der Waals surface area (Å²) in [6.07, 6.45) is 3.81. The minimum Gasteiger partial charge on any atom is -0.493 e. The number of benzene rings is 1. The van der Waals surface area contributed by atoms with E-state index in [1.165, 1.54) is 31.3 Å². The predicted octanol–water partition coefficient (Wildman–Crippen LogP) is 2.12. The van der Waals surface area contributed by atoms with E-state index in [1.807, 2.05) is 6.92 Å². The third-order valence-corrected chi connectivity index (χ3v) is 4.15. The number of carbonyl (C=O) groups is 1. The lowest BCUT2D eigenvalue weighted by atomic mass is 10.1.